The van der Waals surface area contributed by atoms with Crippen LogP contribution in [0.3, 0.4) is 0 Å². The third-order valence-corrected chi connectivity index (χ3v) is 12.4. The molecule has 0 aromatic heterocycles. The van der Waals surface area contributed by atoms with Crippen LogP contribution in [0.5, 0.6) is 0 Å². The molecular weight excluding hydrogens is 392 g/mol. The van der Waals surface area contributed by atoms with E-state index in [2.05, 4.69) is 53.9 Å². The second kappa shape index (κ2) is 8.76. The number of rotatable bonds is 7. The van der Waals surface area contributed by atoms with Crippen LogP contribution in [-0.2, 0) is 14.0 Å². The number of hydrogen-bond acceptors (Lipinski definition) is 4. The highest BCUT2D eigenvalue weighted by atomic mass is 28.4. The monoisotopic (exact) mass is 434 g/mol. The van der Waals surface area contributed by atoms with Crippen LogP contribution in [0.1, 0.15) is 60.3 Å². The lowest BCUT2D eigenvalue weighted by atomic mass is 9.60. The Labute approximate surface area is 184 Å². The average Bonchev–Trinajstić information content (AvgIpc) is 2.80. The Kier molecular flexibility index (Phi) is 7.32. The maximum Gasteiger partial charge on any atom is 0.333 e. The molecule has 30 heavy (non-hydrogen) atoms. The van der Waals surface area contributed by atoms with Crippen LogP contribution in [0.2, 0.25) is 18.1 Å². The van der Waals surface area contributed by atoms with Crippen molar-refractivity contribution >= 4 is 14.3 Å². The van der Waals surface area contributed by atoms with Crippen LogP contribution in [0.15, 0.2) is 36.0 Å². The summed E-state index contributed by atoms with van der Waals surface area (Å²) >= 11 is 0. The third kappa shape index (κ3) is 4.39. The van der Waals surface area contributed by atoms with E-state index < -0.39 is 19.8 Å². The van der Waals surface area contributed by atoms with E-state index in [9.17, 15) is 9.90 Å². The number of ether oxygens (including phenoxy) is 1. The summed E-state index contributed by atoms with van der Waals surface area (Å²) in [6.07, 6.45) is 4.25. The second-order valence-electron chi connectivity index (χ2n) is 11.0. The van der Waals surface area contributed by atoms with Gasteiger partial charge in [-0.15, -0.1) is 0 Å². The fourth-order valence-corrected chi connectivity index (χ4v) is 6.56. The van der Waals surface area contributed by atoms with Crippen molar-refractivity contribution < 1.29 is 19.1 Å². The van der Waals surface area contributed by atoms with Crippen molar-refractivity contribution in [3.05, 3.63) is 36.0 Å². The van der Waals surface area contributed by atoms with E-state index in [1.54, 1.807) is 13.0 Å². The molecule has 5 atom stereocenters. The van der Waals surface area contributed by atoms with Crippen LogP contribution >= 0.6 is 0 Å². The lowest BCUT2D eigenvalue weighted by molar-refractivity contribution is -0.136. The van der Waals surface area contributed by atoms with Gasteiger partial charge in [-0.05, 0) is 63.6 Å². The number of methoxy groups -OCH3 is 1. The first-order chi connectivity index (χ1) is 13.7. The number of aliphatic hydroxyl groups excluding tert-OH is 1. The van der Waals surface area contributed by atoms with Crippen LogP contribution in [0, 0.1) is 17.3 Å². The van der Waals surface area contributed by atoms with Gasteiger partial charge in [-0.1, -0.05) is 51.2 Å². The molecule has 0 aromatic carbocycles. The van der Waals surface area contributed by atoms with Gasteiger partial charge in [0.2, 0.25) is 0 Å². The van der Waals surface area contributed by atoms with Gasteiger partial charge in [-0.3, -0.25) is 0 Å². The van der Waals surface area contributed by atoms with Crippen molar-refractivity contribution in [1.29, 1.82) is 0 Å². The molecular formula is C25H42O4Si. The molecule has 2 aliphatic rings. The van der Waals surface area contributed by atoms with E-state index in [0.29, 0.717) is 12.0 Å². The van der Waals surface area contributed by atoms with Gasteiger partial charge in [-0.25, -0.2) is 4.79 Å². The number of allylic oxidation sites excluding steroid dienone is 1. The summed E-state index contributed by atoms with van der Waals surface area (Å²) in [6.45, 7) is 23.8. The molecule has 1 unspecified atom stereocenters. The average molecular weight is 435 g/mol. The minimum Gasteiger partial charge on any atom is -0.466 e. The molecule has 2 saturated carbocycles. The molecule has 5 heteroatoms. The molecule has 0 aromatic rings. The maximum atomic E-state index is 11.8. The molecule has 2 rings (SSSR count). The van der Waals surface area contributed by atoms with Crippen molar-refractivity contribution in [3.8, 4) is 0 Å². The molecule has 2 bridgehead atoms. The first-order valence-electron chi connectivity index (χ1n) is 11.1. The van der Waals surface area contributed by atoms with Crippen molar-refractivity contribution in [3.63, 3.8) is 0 Å². The summed E-state index contributed by atoms with van der Waals surface area (Å²) < 4.78 is 11.9. The molecule has 0 aliphatic heterocycles. The third-order valence-electron chi connectivity index (χ3n) is 7.97. The summed E-state index contributed by atoms with van der Waals surface area (Å²) in [6, 6.07) is 0. The number of fused-ring (bicyclic) bond motifs is 2. The Balaban J connectivity index is 2.49. The van der Waals surface area contributed by atoms with Gasteiger partial charge in [-0.2, -0.15) is 0 Å². The van der Waals surface area contributed by atoms with Crippen LogP contribution < -0.4 is 0 Å². The van der Waals surface area contributed by atoms with Crippen LogP contribution in [0.25, 0.3) is 0 Å². The Hall–Kier alpha value is -1.17. The minimum absolute atomic E-state index is 0.0665. The van der Waals surface area contributed by atoms with Gasteiger partial charge < -0.3 is 14.3 Å². The predicted octanol–water partition coefficient (Wildman–Crippen LogP) is 5.80. The van der Waals surface area contributed by atoms with E-state index >= 15 is 0 Å². The summed E-state index contributed by atoms with van der Waals surface area (Å²) in [5, 5.41) is 11.7. The van der Waals surface area contributed by atoms with Crippen LogP contribution in [-0.4, -0.2) is 38.7 Å². The van der Waals surface area contributed by atoms with Gasteiger partial charge in [0, 0.05) is 16.9 Å². The van der Waals surface area contributed by atoms with E-state index in [-0.39, 0.29) is 28.9 Å². The lowest BCUT2D eigenvalue weighted by Gasteiger charge is -2.53. The summed E-state index contributed by atoms with van der Waals surface area (Å²) in [4.78, 5) is 11.8. The molecule has 0 radical (unpaired) electrons. The lowest BCUT2D eigenvalue weighted by Crippen LogP contribution is -2.57. The van der Waals surface area contributed by atoms with Gasteiger partial charge in [0.15, 0.2) is 8.32 Å². The molecule has 4 nitrogen and oxygen atoms in total. The van der Waals surface area contributed by atoms with E-state index in [1.807, 2.05) is 0 Å². The number of carbonyl (C=O) groups excluding carboxylic acids is 1. The van der Waals surface area contributed by atoms with Crippen molar-refractivity contribution in [1.82, 2.24) is 0 Å². The van der Waals surface area contributed by atoms with E-state index in [0.717, 1.165) is 24.8 Å². The predicted molar refractivity (Wildman–Crippen MR) is 126 cm³/mol. The molecule has 2 aliphatic carbocycles. The van der Waals surface area contributed by atoms with Gasteiger partial charge in [0.1, 0.15) is 0 Å². The molecule has 0 amide bonds. The Bertz CT molecular complexity index is 730. The standard InChI is InChI=1S/C25H42O4Si/c1-16(2)20-13-12-19-18(4)15-25(20,21(26)14-11-17(3)23(27)28-8)22(19)29-30(9,10)24(5,6)7/h11,19-22,26H,1,4,12-15H2,2-3,5-10H3/b17-11+/t19-,20?,21+,22-,25-/m0/s1. The minimum atomic E-state index is -2.06. The highest BCUT2D eigenvalue weighted by Crippen LogP contribution is 2.62. The number of carbonyl (C=O) groups is 1. The highest BCUT2D eigenvalue weighted by molar-refractivity contribution is 6.74. The highest BCUT2D eigenvalue weighted by Gasteiger charge is 2.62. The normalized spacial score (nSPS) is 30.9. The zero-order chi connectivity index (χ0) is 23.1. The molecule has 2 fully saturated rings. The smallest absolute Gasteiger partial charge is 0.333 e. The van der Waals surface area contributed by atoms with E-state index in [1.165, 1.54) is 12.7 Å². The van der Waals surface area contributed by atoms with Gasteiger partial charge in [0.05, 0.1) is 19.3 Å². The quantitative estimate of drug-likeness (QED) is 0.238. The van der Waals surface area contributed by atoms with Gasteiger partial charge in [0.25, 0.3) is 0 Å². The first kappa shape index (κ1) is 25.1. The zero-order valence-electron chi connectivity index (χ0n) is 20.3. The Morgan fingerprint density at radius 3 is 2.43 bits per heavy atom. The van der Waals surface area contributed by atoms with Gasteiger partial charge >= 0.3 is 5.97 Å². The van der Waals surface area contributed by atoms with Crippen molar-refractivity contribution in [2.45, 2.75) is 90.6 Å². The molecule has 170 valence electrons. The summed E-state index contributed by atoms with van der Waals surface area (Å²) in [7, 11) is -0.686. The largest absolute Gasteiger partial charge is 0.466 e. The Morgan fingerprint density at radius 2 is 1.93 bits per heavy atom. The topological polar surface area (TPSA) is 55.8 Å². The maximum absolute atomic E-state index is 11.8. The second-order valence-corrected chi connectivity index (χ2v) is 15.7. The van der Waals surface area contributed by atoms with Crippen molar-refractivity contribution in [2.24, 2.45) is 17.3 Å². The summed E-state index contributed by atoms with van der Waals surface area (Å²) in [5.74, 6) is 0.0854. The molecule has 1 N–H and O–H groups in total. The molecule has 0 saturated heterocycles. The van der Waals surface area contributed by atoms with Crippen LogP contribution in [0.4, 0.5) is 0 Å². The number of esters is 1. The number of aliphatic hydroxyl groups is 1. The van der Waals surface area contributed by atoms with E-state index in [4.69, 9.17) is 9.16 Å². The molecule has 0 spiro atoms. The SMILES string of the molecule is C=C(C)C1CC[C@H]2C(=C)C[C@]1([C@H](O)C/C=C(\C)C(=O)OC)[C@H]2O[Si](C)(C)C(C)(C)C. The van der Waals surface area contributed by atoms with Crippen molar-refractivity contribution in [2.75, 3.05) is 7.11 Å². The first-order valence-corrected chi connectivity index (χ1v) is 14.0. The number of hydrogen-bond donors (Lipinski definition) is 1. The summed E-state index contributed by atoms with van der Waals surface area (Å²) in [5.41, 5.74) is 2.36. The fraction of sp³-hybridized carbons (Fsp3) is 0.720. The Morgan fingerprint density at radius 1 is 1.33 bits per heavy atom. The molecule has 0 heterocycles. The fourth-order valence-electron chi connectivity index (χ4n) is 5.19. The zero-order valence-corrected chi connectivity index (χ0v) is 21.3.